The zero-order valence-electron chi connectivity index (χ0n) is 18.2. The van der Waals surface area contributed by atoms with E-state index in [9.17, 15) is 24.2 Å². The maximum Gasteiger partial charge on any atom is 0.309 e. The van der Waals surface area contributed by atoms with Gasteiger partial charge in [-0.2, -0.15) is 0 Å². The van der Waals surface area contributed by atoms with Gasteiger partial charge in [-0.15, -0.1) is 0 Å². The van der Waals surface area contributed by atoms with Gasteiger partial charge in [-0.1, -0.05) is 32.9 Å². The van der Waals surface area contributed by atoms with Crippen molar-refractivity contribution in [3.63, 3.8) is 0 Å². The van der Waals surface area contributed by atoms with E-state index in [0.717, 1.165) is 11.1 Å². The van der Waals surface area contributed by atoms with Gasteiger partial charge < -0.3 is 20.3 Å². The minimum atomic E-state index is -0.729. The molecule has 1 amide bonds. The largest absolute Gasteiger partial charge is 0.458 e. The van der Waals surface area contributed by atoms with E-state index < -0.39 is 30.1 Å². The van der Waals surface area contributed by atoms with Crippen molar-refractivity contribution < 1.29 is 28.9 Å². The molecule has 0 radical (unpaired) electrons. The lowest BCUT2D eigenvalue weighted by Gasteiger charge is -2.37. The summed E-state index contributed by atoms with van der Waals surface area (Å²) in [6.45, 7) is 5.72. The number of hydrogen-bond acceptors (Lipinski definition) is 5. The molecule has 1 aliphatic heterocycles. The molecule has 2 aliphatic rings. The molecule has 7 heteroatoms. The Hall–Kier alpha value is -2.51. The summed E-state index contributed by atoms with van der Waals surface area (Å²) < 4.78 is 19.6. The summed E-state index contributed by atoms with van der Waals surface area (Å²) >= 11 is 0. The van der Waals surface area contributed by atoms with Gasteiger partial charge in [-0.05, 0) is 53.2 Å². The molecule has 1 heterocycles. The Morgan fingerprint density at radius 2 is 2.03 bits per heavy atom. The molecule has 1 fully saturated rings. The lowest BCUT2D eigenvalue weighted by atomic mass is 9.69. The number of rotatable bonds is 5. The molecular formula is C24H30FNO5. The van der Waals surface area contributed by atoms with Crippen LogP contribution in [0, 0.1) is 11.2 Å². The highest BCUT2D eigenvalue weighted by molar-refractivity contribution is 5.91. The molecule has 3 rings (SSSR count). The van der Waals surface area contributed by atoms with Crippen molar-refractivity contribution >= 4 is 23.1 Å². The number of carbonyl (C=O) groups is 2. The second-order valence-electron chi connectivity index (χ2n) is 8.92. The van der Waals surface area contributed by atoms with Crippen LogP contribution in [0.4, 0.5) is 10.1 Å². The number of allylic oxidation sites excluding steroid dienone is 2. The summed E-state index contributed by atoms with van der Waals surface area (Å²) in [4.78, 5) is 23.4. The van der Waals surface area contributed by atoms with Crippen LogP contribution < -0.4 is 5.32 Å². The third kappa shape index (κ3) is 5.60. The predicted octanol–water partition coefficient (Wildman–Crippen LogP) is 3.73. The van der Waals surface area contributed by atoms with Gasteiger partial charge in [0.05, 0.1) is 24.3 Å². The van der Waals surface area contributed by atoms with Crippen molar-refractivity contribution in [3.8, 4) is 0 Å². The fourth-order valence-electron chi connectivity index (χ4n) is 4.30. The van der Waals surface area contributed by atoms with E-state index in [2.05, 4.69) is 5.32 Å². The third-order valence-corrected chi connectivity index (χ3v) is 5.82. The number of nitrogens with one attached hydrogen (secondary N) is 1. The molecule has 1 aromatic carbocycles. The molecule has 1 aromatic rings. The van der Waals surface area contributed by atoms with Gasteiger partial charge in [0.2, 0.25) is 5.91 Å². The van der Waals surface area contributed by atoms with Crippen molar-refractivity contribution in [2.75, 3.05) is 5.32 Å². The van der Waals surface area contributed by atoms with E-state index in [1.807, 2.05) is 19.9 Å². The maximum absolute atomic E-state index is 14.3. The van der Waals surface area contributed by atoms with Gasteiger partial charge in [-0.25, -0.2) is 4.39 Å². The van der Waals surface area contributed by atoms with E-state index in [0.29, 0.717) is 24.8 Å². The van der Waals surface area contributed by atoms with E-state index >= 15 is 0 Å². The molecule has 168 valence electrons. The monoisotopic (exact) mass is 431 g/mol. The number of ether oxygens (including phenoxy) is 1. The number of aliphatic hydroxyl groups excluding tert-OH is 2. The molecule has 0 spiro atoms. The normalized spacial score (nSPS) is 26.1. The van der Waals surface area contributed by atoms with Crippen LogP contribution in [0.3, 0.4) is 0 Å². The van der Waals surface area contributed by atoms with Crippen LogP contribution >= 0.6 is 0 Å². The average molecular weight is 432 g/mol. The number of aliphatic hydroxyl groups is 2. The predicted molar refractivity (Wildman–Crippen MR) is 116 cm³/mol. The summed E-state index contributed by atoms with van der Waals surface area (Å²) in [5.74, 6) is -1.25. The van der Waals surface area contributed by atoms with Crippen LogP contribution in [0.5, 0.6) is 0 Å². The Morgan fingerprint density at radius 3 is 2.71 bits per heavy atom. The number of esters is 1. The van der Waals surface area contributed by atoms with Crippen molar-refractivity contribution in [1.29, 1.82) is 0 Å². The number of cyclic esters (lactones) is 1. The standard InChI is InChI=1S/C24H30FNO5/c1-4-22(29)26-21-9-14(5-8-20(21)25)18-11-16(28)13-24(2,3)19(18)7-6-17-10-15(27)12-23(30)31-17/h5-9,15-17,27-28H,4,10-13H2,1-3H3,(H,26,29). The van der Waals surface area contributed by atoms with Crippen LogP contribution in [0.1, 0.15) is 58.4 Å². The highest BCUT2D eigenvalue weighted by atomic mass is 19.1. The van der Waals surface area contributed by atoms with Crippen molar-refractivity contribution in [2.45, 2.75) is 71.2 Å². The molecule has 0 aromatic heterocycles. The SMILES string of the molecule is CCC(=O)Nc1cc(C2=C(C=CC3CC(O)CC(=O)O3)C(C)(C)CC(O)C2)ccc1F. The van der Waals surface area contributed by atoms with Gasteiger partial charge in [0.1, 0.15) is 11.9 Å². The number of carbonyl (C=O) groups excluding carboxylic acids is 2. The fourth-order valence-corrected chi connectivity index (χ4v) is 4.30. The summed E-state index contributed by atoms with van der Waals surface area (Å²) in [7, 11) is 0. The van der Waals surface area contributed by atoms with Crippen LogP contribution in [-0.4, -0.2) is 40.4 Å². The van der Waals surface area contributed by atoms with Crippen LogP contribution in [0.2, 0.25) is 0 Å². The molecule has 3 atom stereocenters. The van der Waals surface area contributed by atoms with E-state index in [1.165, 1.54) is 6.07 Å². The Kier molecular flexibility index (Phi) is 6.96. The molecule has 1 saturated heterocycles. The number of benzene rings is 1. The van der Waals surface area contributed by atoms with Crippen LogP contribution in [-0.2, 0) is 14.3 Å². The van der Waals surface area contributed by atoms with Gasteiger partial charge in [0, 0.05) is 12.8 Å². The quantitative estimate of drug-likeness (QED) is 0.618. The first-order valence-electron chi connectivity index (χ1n) is 10.7. The van der Waals surface area contributed by atoms with Gasteiger partial charge in [0.25, 0.3) is 0 Å². The van der Waals surface area contributed by atoms with Crippen LogP contribution in [0.25, 0.3) is 5.57 Å². The minimum Gasteiger partial charge on any atom is -0.458 e. The van der Waals surface area contributed by atoms with E-state index in [1.54, 1.807) is 25.1 Å². The molecular weight excluding hydrogens is 401 g/mol. The smallest absolute Gasteiger partial charge is 0.309 e. The number of halogens is 1. The van der Waals surface area contributed by atoms with Crippen LogP contribution in [0.15, 0.2) is 35.9 Å². The Bertz CT molecular complexity index is 921. The molecule has 0 saturated carbocycles. The summed E-state index contributed by atoms with van der Waals surface area (Å²) in [6, 6.07) is 4.53. The molecule has 3 N–H and O–H groups in total. The van der Waals surface area contributed by atoms with Crippen molar-refractivity contribution in [3.05, 3.63) is 47.3 Å². The van der Waals surface area contributed by atoms with Gasteiger partial charge in [-0.3, -0.25) is 9.59 Å². The summed E-state index contributed by atoms with van der Waals surface area (Å²) in [5, 5.41) is 22.9. The Morgan fingerprint density at radius 1 is 1.29 bits per heavy atom. The first kappa shape index (κ1) is 23.2. The molecule has 0 bridgehead atoms. The first-order valence-corrected chi connectivity index (χ1v) is 10.7. The van der Waals surface area contributed by atoms with Crippen molar-refractivity contribution in [2.24, 2.45) is 5.41 Å². The molecule has 1 aliphatic carbocycles. The van der Waals surface area contributed by atoms with Crippen molar-refractivity contribution in [1.82, 2.24) is 0 Å². The van der Waals surface area contributed by atoms with E-state index in [-0.39, 0.29) is 29.9 Å². The Balaban J connectivity index is 2.01. The zero-order valence-corrected chi connectivity index (χ0v) is 18.2. The second-order valence-corrected chi connectivity index (χ2v) is 8.92. The number of amides is 1. The minimum absolute atomic E-state index is 0.00217. The van der Waals surface area contributed by atoms with E-state index in [4.69, 9.17) is 4.74 Å². The topological polar surface area (TPSA) is 95.9 Å². The zero-order chi connectivity index (χ0) is 22.8. The lowest BCUT2D eigenvalue weighted by Crippen LogP contribution is -2.32. The third-order valence-electron chi connectivity index (χ3n) is 5.82. The molecule has 3 unspecified atom stereocenters. The highest BCUT2D eigenvalue weighted by Crippen LogP contribution is 2.45. The van der Waals surface area contributed by atoms with Gasteiger partial charge >= 0.3 is 5.97 Å². The summed E-state index contributed by atoms with van der Waals surface area (Å²) in [6.07, 6.45) is 3.31. The number of hydrogen-bond donors (Lipinski definition) is 3. The fraction of sp³-hybridized carbons (Fsp3) is 0.500. The molecule has 31 heavy (non-hydrogen) atoms. The molecule has 6 nitrogen and oxygen atoms in total. The Labute approximate surface area is 181 Å². The number of anilines is 1. The first-order chi connectivity index (χ1) is 14.6. The average Bonchev–Trinajstić information content (AvgIpc) is 2.67. The van der Waals surface area contributed by atoms with Gasteiger partial charge in [0.15, 0.2) is 0 Å². The lowest BCUT2D eigenvalue weighted by molar-refractivity contribution is -0.156. The summed E-state index contributed by atoms with van der Waals surface area (Å²) in [5.41, 5.74) is 2.20. The maximum atomic E-state index is 14.3. The highest BCUT2D eigenvalue weighted by Gasteiger charge is 2.34. The second kappa shape index (κ2) is 9.32.